The van der Waals surface area contributed by atoms with E-state index in [-0.39, 0.29) is 34.0 Å². The monoisotopic (exact) mass is 606 g/mol. The maximum absolute atomic E-state index is 5.45. The van der Waals surface area contributed by atoms with E-state index in [1.807, 2.05) is 0 Å². The molecule has 0 aromatic carbocycles. The number of rotatable bonds is 11. The fourth-order valence-electron chi connectivity index (χ4n) is 3.26. The predicted octanol–water partition coefficient (Wildman–Crippen LogP) is -3.78. The molecule has 0 fully saturated rings. The molecule has 0 saturated carbocycles. The molecule has 0 atom stereocenters. The van der Waals surface area contributed by atoms with E-state index >= 15 is 0 Å². The van der Waals surface area contributed by atoms with Crippen LogP contribution in [0.15, 0.2) is 10.3 Å². The zero-order chi connectivity index (χ0) is 23.1. The Balaban J connectivity index is 0.00000544. The first-order valence-corrected chi connectivity index (χ1v) is 11.6. The summed E-state index contributed by atoms with van der Waals surface area (Å²) in [6.45, 7) is 5.93. The largest absolute Gasteiger partial charge is 1.00 e. The lowest BCUT2D eigenvalue weighted by Gasteiger charge is -2.28. The molecule has 0 unspecified atom stereocenters. The zero-order valence-corrected chi connectivity index (χ0v) is 24.2. The highest BCUT2D eigenvalue weighted by Crippen LogP contribution is 2.08. The standard InChI is InChI=1S/C24H40N4O4.2BrH/c1-27(2,17-9-11-19-29-23-13-21-31-25-23)15-7-5-6-8-16-28(3,4)18-10-12-20-30-24-14-22-32-26-24;;/h5-8,13-22H2,1-4H3;2*1H/q+2;;/p-2. The molecule has 34 heavy (non-hydrogen) atoms. The van der Waals surface area contributed by atoms with Crippen LogP contribution in [-0.4, -0.2) is 102 Å². The van der Waals surface area contributed by atoms with Crippen LogP contribution < -0.4 is 34.0 Å². The molecule has 2 heterocycles. The maximum Gasteiger partial charge on any atom is 0.230 e. The third-order valence-electron chi connectivity index (χ3n) is 5.31. The van der Waals surface area contributed by atoms with Gasteiger partial charge in [-0.1, -0.05) is 22.2 Å². The van der Waals surface area contributed by atoms with Crippen molar-refractivity contribution in [2.75, 3.05) is 80.8 Å². The minimum Gasteiger partial charge on any atom is -1.00 e. The highest BCUT2D eigenvalue weighted by Gasteiger charge is 2.15. The number of hydrogen-bond acceptors (Lipinski definition) is 6. The van der Waals surface area contributed by atoms with E-state index in [0.29, 0.717) is 38.2 Å². The van der Waals surface area contributed by atoms with Crippen molar-refractivity contribution in [1.82, 2.24) is 0 Å². The molecular formula is C24H40Br2N4O4. The zero-order valence-electron chi connectivity index (χ0n) is 21.1. The molecule has 0 N–H and O–H groups in total. The number of oxime groups is 2. The van der Waals surface area contributed by atoms with Gasteiger partial charge in [0.25, 0.3) is 0 Å². The summed E-state index contributed by atoms with van der Waals surface area (Å²) in [5, 5.41) is 7.60. The van der Waals surface area contributed by atoms with Crippen molar-refractivity contribution in [3.63, 3.8) is 0 Å². The van der Waals surface area contributed by atoms with Gasteiger partial charge in [0.2, 0.25) is 11.8 Å². The molecule has 194 valence electrons. The Bertz CT molecular complexity index is 700. The fraction of sp³-hybridized carbons (Fsp3) is 0.750. The number of quaternary nitrogens is 2. The summed E-state index contributed by atoms with van der Waals surface area (Å²) >= 11 is 0. The van der Waals surface area contributed by atoms with Crippen LogP contribution in [0.25, 0.3) is 0 Å². The second-order valence-electron chi connectivity index (χ2n) is 9.47. The molecule has 0 bridgehead atoms. The fourth-order valence-corrected chi connectivity index (χ4v) is 3.26. The first-order chi connectivity index (χ1) is 15.4. The average Bonchev–Trinajstić information content (AvgIpc) is 3.44. The van der Waals surface area contributed by atoms with Gasteiger partial charge in [0.15, 0.2) is 13.2 Å². The summed E-state index contributed by atoms with van der Waals surface area (Å²) in [7, 11) is 8.94. The lowest BCUT2D eigenvalue weighted by Crippen LogP contribution is -3.00. The van der Waals surface area contributed by atoms with Gasteiger partial charge >= 0.3 is 0 Å². The van der Waals surface area contributed by atoms with Crippen molar-refractivity contribution >= 4 is 11.8 Å². The first-order valence-electron chi connectivity index (χ1n) is 11.6. The molecule has 0 spiro atoms. The van der Waals surface area contributed by atoms with Crippen molar-refractivity contribution in [3.05, 3.63) is 0 Å². The van der Waals surface area contributed by atoms with Gasteiger partial charge < -0.3 is 62.1 Å². The third-order valence-corrected chi connectivity index (χ3v) is 5.31. The molecule has 2 rings (SSSR count). The van der Waals surface area contributed by atoms with Gasteiger partial charge in [0, 0.05) is 0 Å². The van der Waals surface area contributed by atoms with Gasteiger partial charge in [-0.25, -0.2) is 0 Å². The van der Waals surface area contributed by atoms with Crippen molar-refractivity contribution in [2.45, 2.75) is 38.5 Å². The van der Waals surface area contributed by atoms with E-state index in [2.05, 4.69) is 62.2 Å². The van der Waals surface area contributed by atoms with Crippen LogP contribution in [0.5, 0.6) is 0 Å². The van der Waals surface area contributed by atoms with Crippen LogP contribution in [0.4, 0.5) is 0 Å². The maximum atomic E-state index is 5.45. The van der Waals surface area contributed by atoms with E-state index in [4.69, 9.17) is 19.1 Å². The van der Waals surface area contributed by atoms with E-state index in [1.165, 1.54) is 25.7 Å². The molecule has 0 radical (unpaired) electrons. The van der Waals surface area contributed by atoms with Crippen LogP contribution in [0.2, 0.25) is 0 Å². The van der Waals surface area contributed by atoms with E-state index in [1.54, 1.807) is 0 Å². The number of unbranched alkanes of at least 4 members (excludes halogenated alkanes) is 3. The molecule has 0 aromatic rings. The van der Waals surface area contributed by atoms with Crippen molar-refractivity contribution in [3.8, 4) is 23.7 Å². The Labute approximate surface area is 226 Å². The Morgan fingerprint density at radius 2 is 1.09 bits per heavy atom. The SMILES string of the molecule is C[N+](C)(CC#CCOC1=NOCC1)CCCCCC[N+](C)(C)CC#CCOC1=NOCC1.[Br-].[Br-]. The van der Waals surface area contributed by atoms with Gasteiger partial charge in [-0.3, -0.25) is 0 Å². The van der Waals surface area contributed by atoms with Gasteiger partial charge in [0.05, 0.1) is 54.1 Å². The van der Waals surface area contributed by atoms with Crippen LogP contribution in [0.3, 0.4) is 0 Å². The van der Waals surface area contributed by atoms with Crippen molar-refractivity contribution in [1.29, 1.82) is 0 Å². The third kappa shape index (κ3) is 15.4. The highest BCUT2D eigenvalue weighted by atomic mass is 79.9. The number of halogens is 2. The number of hydrogen-bond donors (Lipinski definition) is 0. The quantitative estimate of drug-likeness (QED) is 0.137. The van der Waals surface area contributed by atoms with Crippen molar-refractivity contribution < 1.29 is 62.1 Å². The van der Waals surface area contributed by atoms with E-state index in [9.17, 15) is 0 Å². The minimum absolute atomic E-state index is 0. The van der Waals surface area contributed by atoms with Crippen LogP contribution >= 0.6 is 0 Å². The molecule has 8 nitrogen and oxygen atoms in total. The Hall–Kier alpha value is -1.46. The van der Waals surface area contributed by atoms with E-state index in [0.717, 1.165) is 48.0 Å². The average molecular weight is 608 g/mol. The lowest BCUT2D eigenvalue weighted by atomic mass is 10.1. The first kappa shape index (κ1) is 32.5. The van der Waals surface area contributed by atoms with Crippen LogP contribution in [-0.2, 0) is 19.1 Å². The summed E-state index contributed by atoms with van der Waals surface area (Å²) in [5.74, 6) is 13.9. The van der Waals surface area contributed by atoms with Crippen molar-refractivity contribution in [2.24, 2.45) is 10.3 Å². The Morgan fingerprint density at radius 3 is 1.44 bits per heavy atom. The van der Waals surface area contributed by atoms with Gasteiger partial charge in [-0.05, 0) is 37.5 Å². The molecular weight excluding hydrogens is 568 g/mol. The Kier molecular flexibility index (Phi) is 17.1. The molecule has 0 aliphatic carbocycles. The normalized spacial score (nSPS) is 14.5. The summed E-state index contributed by atoms with van der Waals surface area (Å²) in [6.07, 6.45) is 6.43. The van der Waals surface area contributed by atoms with Gasteiger partial charge in [-0.15, -0.1) is 0 Å². The second-order valence-corrected chi connectivity index (χ2v) is 9.47. The smallest absolute Gasteiger partial charge is 0.230 e. The lowest BCUT2D eigenvalue weighted by molar-refractivity contribution is -0.884. The number of nitrogens with zero attached hydrogens (tertiary/aromatic N) is 4. The van der Waals surface area contributed by atoms with Gasteiger partial charge in [-0.2, -0.15) is 0 Å². The summed E-state index contributed by atoms with van der Waals surface area (Å²) < 4.78 is 12.7. The second kappa shape index (κ2) is 17.9. The molecule has 2 aliphatic rings. The van der Waals surface area contributed by atoms with E-state index < -0.39 is 0 Å². The van der Waals surface area contributed by atoms with Crippen LogP contribution in [0.1, 0.15) is 38.5 Å². The number of ether oxygens (including phenoxy) is 2. The molecule has 2 aliphatic heterocycles. The van der Waals surface area contributed by atoms with Gasteiger partial charge in [0.1, 0.15) is 26.3 Å². The molecule has 0 aromatic heterocycles. The predicted molar refractivity (Wildman–Crippen MR) is 126 cm³/mol. The molecule has 0 amide bonds. The molecule has 10 heteroatoms. The topological polar surface area (TPSA) is 61.6 Å². The summed E-state index contributed by atoms with van der Waals surface area (Å²) in [6, 6.07) is 0. The summed E-state index contributed by atoms with van der Waals surface area (Å²) in [5.41, 5.74) is 0. The minimum atomic E-state index is 0. The highest BCUT2D eigenvalue weighted by molar-refractivity contribution is 5.77. The summed E-state index contributed by atoms with van der Waals surface area (Å²) in [4.78, 5) is 9.79. The molecule has 0 saturated heterocycles. The van der Waals surface area contributed by atoms with Crippen LogP contribution in [0, 0.1) is 23.7 Å². The Morgan fingerprint density at radius 1 is 0.676 bits per heavy atom.